The van der Waals surface area contributed by atoms with E-state index in [2.05, 4.69) is 39.1 Å². The van der Waals surface area contributed by atoms with Crippen LogP contribution >= 0.6 is 0 Å². The molecular weight excluding hydrogens is 372 g/mol. The minimum atomic E-state index is -0.297. The van der Waals surface area contributed by atoms with Gasteiger partial charge in [0.05, 0.1) is 28.5 Å². The number of rotatable bonds is 3. The van der Waals surface area contributed by atoms with Crippen LogP contribution in [-0.2, 0) is 0 Å². The Morgan fingerprint density at radius 3 is 2.63 bits per heavy atom. The molecule has 0 radical (unpaired) electrons. The van der Waals surface area contributed by atoms with Crippen LogP contribution in [0, 0.1) is 11.3 Å². The molecule has 0 saturated carbocycles. The van der Waals surface area contributed by atoms with Crippen LogP contribution in [0.3, 0.4) is 0 Å². The molecular formula is C25H16N4O. The molecule has 0 unspecified atom stereocenters. The zero-order chi connectivity index (χ0) is 20.5. The van der Waals surface area contributed by atoms with E-state index in [4.69, 9.17) is 0 Å². The molecule has 0 saturated heterocycles. The van der Waals surface area contributed by atoms with Gasteiger partial charge in [0.2, 0.25) is 0 Å². The molecule has 5 heteroatoms. The molecule has 0 aliphatic rings. The Morgan fingerprint density at radius 2 is 1.80 bits per heavy atom. The number of aromatic nitrogens is 2. The number of pyridine rings is 1. The summed E-state index contributed by atoms with van der Waals surface area (Å²) in [5.41, 5.74) is 3.46. The van der Waals surface area contributed by atoms with Gasteiger partial charge in [0.15, 0.2) is 0 Å². The highest BCUT2D eigenvalue weighted by atomic mass is 16.1. The predicted molar refractivity (Wildman–Crippen MR) is 118 cm³/mol. The van der Waals surface area contributed by atoms with Crippen molar-refractivity contribution >= 4 is 33.3 Å². The van der Waals surface area contributed by atoms with Crippen LogP contribution in [0.2, 0.25) is 0 Å². The number of carbonyl (C=O) groups excluding carboxylic acids is 1. The van der Waals surface area contributed by atoms with Crippen molar-refractivity contribution in [2.24, 2.45) is 0 Å². The molecule has 3 aromatic carbocycles. The van der Waals surface area contributed by atoms with E-state index >= 15 is 0 Å². The van der Waals surface area contributed by atoms with E-state index in [0.717, 1.165) is 27.4 Å². The smallest absolute Gasteiger partial charge is 0.274 e. The van der Waals surface area contributed by atoms with Crippen molar-refractivity contribution in [1.82, 2.24) is 9.55 Å². The summed E-state index contributed by atoms with van der Waals surface area (Å²) in [6.07, 6.45) is 3.59. The minimum Gasteiger partial charge on any atom is -0.320 e. The fraction of sp³-hybridized carbons (Fsp3) is 0. The lowest BCUT2D eigenvalue weighted by Crippen LogP contribution is -2.14. The third-order valence-corrected chi connectivity index (χ3v) is 5.14. The quantitative estimate of drug-likeness (QED) is 0.456. The third kappa shape index (κ3) is 2.88. The van der Waals surface area contributed by atoms with E-state index in [1.165, 1.54) is 0 Å². The minimum absolute atomic E-state index is 0.297. The lowest BCUT2D eigenvalue weighted by Gasteiger charge is -2.15. The lowest BCUT2D eigenvalue weighted by atomic mass is 10.0. The van der Waals surface area contributed by atoms with E-state index in [-0.39, 0.29) is 5.91 Å². The highest BCUT2D eigenvalue weighted by Crippen LogP contribution is 2.34. The number of para-hydroxylation sites is 1. The van der Waals surface area contributed by atoms with Crippen LogP contribution in [0.25, 0.3) is 27.4 Å². The molecule has 0 atom stereocenters. The number of nitrogens with zero attached hydrogens (tertiary/aromatic N) is 3. The monoisotopic (exact) mass is 388 g/mol. The van der Waals surface area contributed by atoms with Gasteiger partial charge in [-0.25, -0.2) is 0 Å². The number of nitriles is 1. The number of fused-ring (bicyclic) bond motifs is 2. The lowest BCUT2D eigenvalue weighted by molar-refractivity contribution is 0.102. The van der Waals surface area contributed by atoms with Crippen LogP contribution in [-0.4, -0.2) is 15.5 Å². The second-order valence-electron chi connectivity index (χ2n) is 6.89. The molecule has 1 N–H and O–H groups in total. The molecule has 142 valence electrons. The summed E-state index contributed by atoms with van der Waals surface area (Å²) in [6, 6.07) is 26.9. The molecule has 0 bridgehead atoms. The molecule has 1 amide bonds. The highest BCUT2D eigenvalue weighted by Gasteiger charge is 2.15. The first-order valence-electron chi connectivity index (χ1n) is 9.51. The molecule has 0 aliphatic heterocycles. The Kier molecular flexibility index (Phi) is 4.23. The Morgan fingerprint density at radius 1 is 0.933 bits per heavy atom. The van der Waals surface area contributed by atoms with Gasteiger partial charge in [0.1, 0.15) is 5.69 Å². The van der Waals surface area contributed by atoms with Crippen molar-refractivity contribution in [1.29, 1.82) is 5.26 Å². The normalized spacial score (nSPS) is 10.8. The van der Waals surface area contributed by atoms with Gasteiger partial charge in [-0.15, -0.1) is 0 Å². The van der Waals surface area contributed by atoms with Crippen molar-refractivity contribution in [3.63, 3.8) is 0 Å². The average Bonchev–Trinajstić information content (AvgIpc) is 3.23. The second kappa shape index (κ2) is 7.19. The molecule has 0 aliphatic carbocycles. The maximum absolute atomic E-state index is 12.8. The van der Waals surface area contributed by atoms with E-state index < -0.39 is 0 Å². The van der Waals surface area contributed by atoms with Gasteiger partial charge >= 0.3 is 0 Å². The molecule has 0 spiro atoms. The first kappa shape index (κ1) is 17.7. The van der Waals surface area contributed by atoms with Gasteiger partial charge < -0.3 is 9.88 Å². The standard InChI is InChI=1S/C25H16N4O/c26-16-18-11-12-20(28-25(30)21-8-3-4-14-27-21)24-19(18)7-5-10-23(24)29-15-13-17-6-1-2-9-22(17)29/h1-15H,(H,28,30). The first-order valence-corrected chi connectivity index (χ1v) is 9.51. The predicted octanol–water partition coefficient (Wildman–Crippen LogP) is 5.30. The van der Waals surface area contributed by atoms with Crippen molar-refractivity contribution in [2.45, 2.75) is 0 Å². The van der Waals surface area contributed by atoms with E-state index in [1.807, 2.05) is 36.5 Å². The van der Waals surface area contributed by atoms with Crippen LogP contribution in [0.5, 0.6) is 0 Å². The molecule has 2 aromatic heterocycles. The number of hydrogen-bond acceptors (Lipinski definition) is 3. The number of hydrogen-bond donors (Lipinski definition) is 1. The SMILES string of the molecule is N#Cc1ccc(NC(=O)c2ccccn2)c2c(-n3ccc4ccccc43)cccc12. The molecule has 30 heavy (non-hydrogen) atoms. The number of nitrogens with one attached hydrogen (secondary N) is 1. The summed E-state index contributed by atoms with van der Waals surface area (Å²) in [5, 5.41) is 15.3. The maximum Gasteiger partial charge on any atom is 0.274 e. The van der Waals surface area contributed by atoms with Crippen LogP contribution in [0.1, 0.15) is 16.1 Å². The molecule has 5 nitrogen and oxygen atoms in total. The number of anilines is 1. The van der Waals surface area contributed by atoms with Gasteiger partial charge in [-0.1, -0.05) is 36.4 Å². The van der Waals surface area contributed by atoms with Crippen molar-refractivity contribution < 1.29 is 4.79 Å². The zero-order valence-corrected chi connectivity index (χ0v) is 15.9. The summed E-state index contributed by atoms with van der Waals surface area (Å²) >= 11 is 0. The van der Waals surface area contributed by atoms with Crippen molar-refractivity contribution in [3.05, 3.63) is 103 Å². The van der Waals surface area contributed by atoms with Crippen LogP contribution < -0.4 is 5.32 Å². The Bertz CT molecular complexity index is 1450. The number of carbonyl (C=O) groups is 1. The molecule has 0 fully saturated rings. The van der Waals surface area contributed by atoms with Crippen LogP contribution in [0.15, 0.2) is 91.3 Å². The highest BCUT2D eigenvalue weighted by molar-refractivity contribution is 6.11. The van der Waals surface area contributed by atoms with Gasteiger partial charge in [-0.05, 0) is 47.9 Å². The maximum atomic E-state index is 12.8. The number of amides is 1. The Hall–Kier alpha value is -4.43. The van der Waals surface area contributed by atoms with E-state index in [0.29, 0.717) is 16.9 Å². The molecule has 5 aromatic rings. The Balaban J connectivity index is 1.74. The van der Waals surface area contributed by atoms with Gasteiger partial charge in [0.25, 0.3) is 5.91 Å². The second-order valence-corrected chi connectivity index (χ2v) is 6.89. The number of benzene rings is 3. The summed E-state index contributed by atoms with van der Waals surface area (Å²) < 4.78 is 2.08. The molecule has 5 rings (SSSR count). The van der Waals surface area contributed by atoms with Crippen LogP contribution in [0.4, 0.5) is 5.69 Å². The van der Waals surface area contributed by atoms with Gasteiger partial charge in [0, 0.05) is 23.2 Å². The van der Waals surface area contributed by atoms with Gasteiger partial charge in [-0.2, -0.15) is 5.26 Å². The third-order valence-electron chi connectivity index (χ3n) is 5.14. The summed E-state index contributed by atoms with van der Waals surface area (Å²) in [6.45, 7) is 0. The summed E-state index contributed by atoms with van der Waals surface area (Å²) in [4.78, 5) is 16.9. The van der Waals surface area contributed by atoms with E-state index in [9.17, 15) is 10.1 Å². The fourth-order valence-corrected chi connectivity index (χ4v) is 3.77. The summed E-state index contributed by atoms with van der Waals surface area (Å²) in [7, 11) is 0. The van der Waals surface area contributed by atoms with E-state index in [1.54, 1.807) is 36.5 Å². The molecule has 2 heterocycles. The largest absolute Gasteiger partial charge is 0.320 e. The average molecular weight is 388 g/mol. The Labute approximate surface area is 172 Å². The first-order chi connectivity index (χ1) is 14.8. The van der Waals surface area contributed by atoms with Crippen molar-refractivity contribution in [3.8, 4) is 11.8 Å². The van der Waals surface area contributed by atoms with Gasteiger partial charge in [-0.3, -0.25) is 9.78 Å². The summed E-state index contributed by atoms with van der Waals surface area (Å²) in [5.74, 6) is -0.297. The fourth-order valence-electron chi connectivity index (χ4n) is 3.77. The van der Waals surface area contributed by atoms with Crippen molar-refractivity contribution in [2.75, 3.05) is 5.32 Å². The zero-order valence-electron chi connectivity index (χ0n) is 15.9. The topological polar surface area (TPSA) is 70.7 Å².